The Morgan fingerprint density at radius 3 is 2.48 bits per heavy atom. The Hall–Kier alpha value is -3.58. The number of nitrogens with one attached hydrogen (secondary N) is 1. The molecule has 4 aromatic rings. The summed E-state index contributed by atoms with van der Waals surface area (Å²) in [5, 5.41) is 11.1. The van der Waals surface area contributed by atoms with E-state index in [2.05, 4.69) is 15.5 Å². The van der Waals surface area contributed by atoms with Crippen LogP contribution in [-0.2, 0) is 5.75 Å². The first-order valence-electron chi connectivity index (χ1n) is 9.87. The van der Waals surface area contributed by atoms with E-state index in [1.807, 2.05) is 73.7 Å². The molecule has 6 nitrogen and oxygen atoms in total. The second kappa shape index (κ2) is 9.95. The second-order valence-corrected chi connectivity index (χ2v) is 7.61. The lowest BCUT2D eigenvalue weighted by atomic mass is 10.2. The Kier molecular flexibility index (Phi) is 6.64. The number of ether oxygens (including phenoxy) is 1. The van der Waals surface area contributed by atoms with Crippen molar-refractivity contribution in [1.82, 2.24) is 10.2 Å². The summed E-state index contributed by atoms with van der Waals surface area (Å²) in [5.74, 6) is 2.01. The molecule has 7 heteroatoms. The van der Waals surface area contributed by atoms with Crippen molar-refractivity contribution in [3.05, 3.63) is 90.3 Å². The molecule has 31 heavy (non-hydrogen) atoms. The van der Waals surface area contributed by atoms with Crippen LogP contribution in [0.25, 0.3) is 11.5 Å². The molecule has 0 unspecified atom stereocenters. The van der Waals surface area contributed by atoms with E-state index < -0.39 is 0 Å². The summed E-state index contributed by atoms with van der Waals surface area (Å²) in [6, 6.07) is 24.5. The van der Waals surface area contributed by atoms with Crippen molar-refractivity contribution < 1.29 is 13.9 Å². The number of aromatic nitrogens is 2. The van der Waals surface area contributed by atoms with Crippen LogP contribution < -0.4 is 10.1 Å². The predicted octanol–water partition coefficient (Wildman–Crippen LogP) is 5.68. The van der Waals surface area contributed by atoms with Crippen LogP contribution in [0.1, 0.15) is 23.2 Å². The van der Waals surface area contributed by atoms with Crippen molar-refractivity contribution in [3.8, 4) is 17.2 Å². The molecule has 0 aliphatic rings. The molecule has 1 aromatic heterocycles. The van der Waals surface area contributed by atoms with Crippen molar-refractivity contribution >= 4 is 23.4 Å². The Morgan fingerprint density at radius 2 is 1.71 bits per heavy atom. The number of para-hydroxylation sites is 1. The number of amides is 1. The van der Waals surface area contributed by atoms with Crippen molar-refractivity contribution in [2.45, 2.75) is 17.6 Å². The first-order valence-corrected chi connectivity index (χ1v) is 10.9. The molecule has 0 atom stereocenters. The number of carbonyl (C=O) groups is 1. The minimum absolute atomic E-state index is 0.205. The van der Waals surface area contributed by atoms with Gasteiger partial charge < -0.3 is 14.5 Å². The summed E-state index contributed by atoms with van der Waals surface area (Å²) < 4.78 is 11.3. The monoisotopic (exact) mass is 431 g/mol. The molecule has 0 saturated carbocycles. The maximum atomic E-state index is 12.6. The second-order valence-electron chi connectivity index (χ2n) is 6.56. The molecule has 1 N–H and O–H groups in total. The van der Waals surface area contributed by atoms with E-state index in [0.717, 1.165) is 10.5 Å². The first-order chi connectivity index (χ1) is 15.2. The summed E-state index contributed by atoms with van der Waals surface area (Å²) in [4.78, 5) is 13.6. The van der Waals surface area contributed by atoms with Crippen molar-refractivity contribution in [1.29, 1.82) is 0 Å². The third-order valence-corrected chi connectivity index (χ3v) is 5.39. The molecule has 1 amide bonds. The van der Waals surface area contributed by atoms with Gasteiger partial charge in [0.05, 0.1) is 17.9 Å². The predicted molar refractivity (Wildman–Crippen MR) is 121 cm³/mol. The summed E-state index contributed by atoms with van der Waals surface area (Å²) in [7, 11) is 0. The Morgan fingerprint density at radius 1 is 0.968 bits per heavy atom. The van der Waals surface area contributed by atoms with E-state index in [1.54, 1.807) is 23.9 Å². The molecule has 1 heterocycles. The van der Waals surface area contributed by atoms with Crippen LogP contribution in [0.3, 0.4) is 0 Å². The molecule has 4 rings (SSSR count). The maximum Gasteiger partial charge on any atom is 0.259 e. The van der Waals surface area contributed by atoms with Gasteiger partial charge in [-0.15, -0.1) is 22.0 Å². The molecule has 0 aliphatic carbocycles. The lowest BCUT2D eigenvalue weighted by Gasteiger charge is -2.10. The smallest absolute Gasteiger partial charge is 0.259 e. The molecule has 0 fully saturated rings. The highest BCUT2D eigenvalue weighted by atomic mass is 32.2. The van der Waals surface area contributed by atoms with Crippen LogP contribution in [0.4, 0.5) is 5.69 Å². The fourth-order valence-corrected chi connectivity index (χ4v) is 3.66. The van der Waals surface area contributed by atoms with Crippen molar-refractivity contribution in [2.75, 3.05) is 11.9 Å². The summed E-state index contributed by atoms with van der Waals surface area (Å²) in [6.07, 6.45) is 0. The van der Waals surface area contributed by atoms with Gasteiger partial charge in [0, 0.05) is 16.1 Å². The lowest BCUT2D eigenvalue weighted by molar-refractivity contribution is 0.102. The van der Waals surface area contributed by atoms with E-state index in [1.165, 1.54) is 0 Å². The molecule has 156 valence electrons. The average molecular weight is 432 g/mol. The fourth-order valence-electron chi connectivity index (χ4n) is 2.92. The van der Waals surface area contributed by atoms with E-state index in [-0.39, 0.29) is 5.91 Å². The SMILES string of the molecule is CCOc1ccccc1C(=O)Nc1ccc(SCc2nnc(-c3ccccc3)o2)cc1. The topological polar surface area (TPSA) is 77.2 Å². The number of thioether (sulfide) groups is 1. The van der Waals surface area contributed by atoms with E-state index in [4.69, 9.17) is 9.15 Å². The zero-order chi connectivity index (χ0) is 21.5. The van der Waals surface area contributed by atoms with Crippen molar-refractivity contribution in [2.24, 2.45) is 0 Å². The number of carbonyl (C=O) groups excluding carboxylic acids is 1. The number of benzene rings is 3. The van der Waals surface area contributed by atoms with Gasteiger partial charge in [-0.2, -0.15) is 0 Å². The van der Waals surface area contributed by atoms with Crippen LogP contribution in [0.2, 0.25) is 0 Å². The van der Waals surface area contributed by atoms with Crippen LogP contribution >= 0.6 is 11.8 Å². The molecule has 0 aliphatic heterocycles. The fraction of sp³-hybridized carbons (Fsp3) is 0.125. The molecule has 0 radical (unpaired) electrons. The average Bonchev–Trinajstić information content (AvgIpc) is 3.29. The molecule has 0 bridgehead atoms. The largest absolute Gasteiger partial charge is 0.493 e. The highest BCUT2D eigenvalue weighted by Gasteiger charge is 2.12. The zero-order valence-corrected chi connectivity index (χ0v) is 17.8. The molecule has 0 saturated heterocycles. The van der Waals surface area contributed by atoms with Gasteiger partial charge in [0.25, 0.3) is 5.91 Å². The van der Waals surface area contributed by atoms with Gasteiger partial charge in [0.15, 0.2) is 0 Å². The van der Waals surface area contributed by atoms with Crippen LogP contribution in [-0.4, -0.2) is 22.7 Å². The summed E-state index contributed by atoms with van der Waals surface area (Å²) in [6.45, 7) is 2.39. The quantitative estimate of drug-likeness (QED) is 0.362. The summed E-state index contributed by atoms with van der Waals surface area (Å²) in [5.41, 5.74) is 2.12. The number of hydrogen-bond acceptors (Lipinski definition) is 6. The van der Waals surface area contributed by atoms with Gasteiger partial charge in [0.2, 0.25) is 11.8 Å². The highest BCUT2D eigenvalue weighted by molar-refractivity contribution is 7.98. The van der Waals surface area contributed by atoms with Gasteiger partial charge in [0.1, 0.15) is 5.75 Å². The zero-order valence-electron chi connectivity index (χ0n) is 16.9. The number of hydrogen-bond donors (Lipinski definition) is 1. The first kappa shape index (κ1) is 20.7. The Labute approximate surface area is 184 Å². The lowest BCUT2D eigenvalue weighted by Crippen LogP contribution is -2.13. The molecule has 3 aromatic carbocycles. The third kappa shape index (κ3) is 5.32. The maximum absolute atomic E-state index is 12.6. The molecular formula is C24H21N3O3S. The highest BCUT2D eigenvalue weighted by Crippen LogP contribution is 2.26. The minimum atomic E-state index is -0.205. The van der Waals surface area contributed by atoms with Gasteiger partial charge in [-0.3, -0.25) is 4.79 Å². The number of nitrogens with zero attached hydrogens (tertiary/aromatic N) is 2. The molecular weight excluding hydrogens is 410 g/mol. The van der Waals surface area contributed by atoms with Crippen LogP contribution in [0.15, 0.2) is 88.2 Å². The number of rotatable bonds is 8. The Bertz CT molecular complexity index is 1140. The van der Waals surface area contributed by atoms with Crippen molar-refractivity contribution in [3.63, 3.8) is 0 Å². The van der Waals surface area contributed by atoms with E-state index >= 15 is 0 Å². The van der Waals surface area contributed by atoms with Gasteiger partial charge in [-0.25, -0.2) is 0 Å². The van der Waals surface area contributed by atoms with E-state index in [0.29, 0.717) is 41.1 Å². The van der Waals surface area contributed by atoms with Gasteiger partial charge >= 0.3 is 0 Å². The van der Waals surface area contributed by atoms with Gasteiger partial charge in [-0.1, -0.05) is 30.3 Å². The minimum Gasteiger partial charge on any atom is -0.493 e. The third-order valence-electron chi connectivity index (χ3n) is 4.39. The Balaban J connectivity index is 1.35. The molecule has 0 spiro atoms. The summed E-state index contributed by atoms with van der Waals surface area (Å²) >= 11 is 1.59. The van der Waals surface area contributed by atoms with Crippen LogP contribution in [0, 0.1) is 0 Å². The standard InChI is InChI=1S/C24H21N3O3S/c1-2-29-21-11-7-6-10-20(21)23(28)25-18-12-14-19(15-13-18)31-16-22-26-27-24(30-22)17-8-4-3-5-9-17/h3-15H,2,16H2,1H3,(H,25,28). The number of anilines is 1. The van der Waals surface area contributed by atoms with E-state index in [9.17, 15) is 4.79 Å². The van der Waals surface area contributed by atoms with Gasteiger partial charge in [-0.05, 0) is 55.5 Å². The van der Waals surface area contributed by atoms with Crippen LogP contribution in [0.5, 0.6) is 5.75 Å². The normalized spacial score (nSPS) is 10.6.